The van der Waals surface area contributed by atoms with Crippen LogP contribution in [0.2, 0.25) is 0 Å². The van der Waals surface area contributed by atoms with Crippen molar-refractivity contribution in [1.29, 1.82) is 0 Å². The van der Waals surface area contributed by atoms with E-state index in [9.17, 15) is 9.59 Å². The summed E-state index contributed by atoms with van der Waals surface area (Å²) in [5, 5.41) is 13.8. The van der Waals surface area contributed by atoms with Gasteiger partial charge < -0.3 is 4.90 Å². The standard InChI is InChI=1S/C78H47NO2/c1-44-17-9-13-25-51(44)59-38-68-67(69-40-61-54-28-15-27-53-48(31-32-56(75(53)54)63(61)42-65(59)69)37-73-77(80)71-35-46-19-11-12-20-47(46)36-72(71)78(73)81)39-60(52-26-14-10-18-45(52)2)66-43-64-57-33-34-74(58-30-16-29-55(76(57)58)62(64)41-70(66)68)79(49-21-5-3-6-22-49)50-23-7-4-8-24-50/h3-43H,1-2H3. The van der Waals surface area contributed by atoms with Crippen LogP contribution in [-0.2, 0) is 0 Å². The summed E-state index contributed by atoms with van der Waals surface area (Å²) in [6.45, 7) is 4.46. The maximum atomic E-state index is 14.1. The minimum Gasteiger partial charge on any atom is -0.310 e. The molecule has 0 amide bonds. The molecule has 0 spiro atoms. The predicted octanol–water partition coefficient (Wildman–Crippen LogP) is 20.8. The number of Topliss-reactive ketones (excluding diaryl/α,β-unsaturated/α-hetero) is 2. The number of hydrogen-bond donors (Lipinski definition) is 0. The largest absolute Gasteiger partial charge is 0.310 e. The number of hydrogen-bond acceptors (Lipinski definition) is 3. The molecule has 3 heteroatoms. The fraction of sp³-hybridized carbons (Fsp3) is 0.0256. The minimum atomic E-state index is -0.221. The van der Waals surface area contributed by atoms with Crippen molar-refractivity contribution < 1.29 is 9.59 Å². The Bertz CT molecular complexity index is 5120. The first-order valence-electron chi connectivity index (χ1n) is 27.9. The Balaban J connectivity index is 0.904. The molecule has 0 fully saturated rings. The number of benzene rings is 14. The van der Waals surface area contributed by atoms with Crippen LogP contribution in [0, 0.1) is 13.8 Å². The monoisotopic (exact) mass is 1030 g/mol. The number of anilines is 3. The first kappa shape index (κ1) is 45.5. The molecule has 0 heterocycles. The third-order valence-electron chi connectivity index (χ3n) is 17.9. The highest BCUT2D eigenvalue weighted by molar-refractivity contribution is 6.42. The van der Waals surface area contributed by atoms with Crippen molar-refractivity contribution in [2.24, 2.45) is 0 Å². The van der Waals surface area contributed by atoms with Crippen LogP contribution in [0.4, 0.5) is 17.1 Å². The topological polar surface area (TPSA) is 37.4 Å². The summed E-state index contributed by atoms with van der Waals surface area (Å²) >= 11 is 0. The van der Waals surface area contributed by atoms with E-state index in [4.69, 9.17) is 0 Å². The van der Waals surface area contributed by atoms with Crippen LogP contribution in [0.3, 0.4) is 0 Å². The van der Waals surface area contributed by atoms with Crippen LogP contribution in [0.25, 0.3) is 137 Å². The SMILES string of the molecule is Cc1ccccc1-c1cc2c3cc4c(cc3c(-c3ccccc3C)cc2c2cc3c(cc12)-c1ccc(C=C2C(=O)c5cc6ccccc6cc5C2=O)c2cccc-3c12)-c1ccc(N(c2ccccc2)c2ccccc2)c2cccc-4c12. The number of nitrogens with zero attached hydrogens (tertiary/aromatic N) is 1. The molecule has 3 aliphatic rings. The third kappa shape index (κ3) is 6.52. The van der Waals surface area contributed by atoms with Crippen LogP contribution >= 0.6 is 0 Å². The highest BCUT2D eigenvalue weighted by Crippen LogP contribution is 2.56. The van der Waals surface area contributed by atoms with Crippen LogP contribution in [0.15, 0.2) is 248 Å². The van der Waals surface area contributed by atoms with Crippen molar-refractivity contribution in [3.8, 4) is 66.8 Å². The lowest BCUT2D eigenvalue weighted by Gasteiger charge is -2.27. The maximum Gasteiger partial charge on any atom is 0.197 e. The van der Waals surface area contributed by atoms with Crippen molar-refractivity contribution in [3.63, 3.8) is 0 Å². The fourth-order valence-electron chi connectivity index (χ4n) is 14.1. The number of ketones is 2. The zero-order chi connectivity index (χ0) is 53.8. The highest BCUT2D eigenvalue weighted by Gasteiger charge is 2.35. The Labute approximate surface area is 467 Å². The maximum absolute atomic E-state index is 14.1. The van der Waals surface area contributed by atoms with E-state index in [1.165, 1.54) is 110 Å². The summed E-state index contributed by atoms with van der Waals surface area (Å²) in [6.07, 6.45) is 1.83. The second-order valence-corrected chi connectivity index (χ2v) is 22.2. The highest BCUT2D eigenvalue weighted by atomic mass is 16.2. The second kappa shape index (κ2) is 17.0. The average Bonchev–Trinajstić information content (AvgIpc) is 2.91. The van der Waals surface area contributed by atoms with Crippen LogP contribution in [-0.4, -0.2) is 11.6 Å². The van der Waals surface area contributed by atoms with E-state index in [0.29, 0.717) is 11.1 Å². The molecule has 17 rings (SSSR count). The Kier molecular flexibility index (Phi) is 9.56. The second-order valence-electron chi connectivity index (χ2n) is 22.2. The van der Waals surface area contributed by atoms with E-state index < -0.39 is 0 Å². The van der Waals surface area contributed by atoms with Gasteiger partial charge in [-0.25, -0.2) is 0 Å². The summed E-state index contributed by atoms with van der Waals surface area (Å²) in [4.78, 5) is 30.6. The number of para-hydroxylation sites is 2. The fourth-order valence-corrected chi connectivity index (χ4v) is 14.1. The number of aryl methyl sites for hydroxylation is 2. The molecule has 0 atom stereocenters. The molecule has 3 nitrogen and oxygen atoms in total. The molecule has 0 aliphatic heterocycles. The van der Waals surface area contributed by atoms with Gasteiger partial charge in [0.15, 0.2) is 11.6 Å². The quantitative estimate of drug-likeness (QED) is 0.0946. The molecule has 14 aromatic rings. The number of fused-ring (bicyclic) bond motifs is 13. The van der Waals surface area contributed by atoms with Crippen molar-refractivity contribution in [2.45, 2.75) is 13.8 Å². The molecule has 0 saturated carbocycles. The molecule has 3 aliphatic carbocycles. The molecule has 0 radical (unpaired) electrons. The summed E-state index contributed by atoms with van der Waals surface area (Å²) in [5.74, 6) is -0.442. The van der Waals surface area contributed by atoms with E-state index in [1.807, 2.05) is 42.5 Å². The van der Waals surface area contributed by atoms with Gasteiger partial charge in [0, 0.05) is 27.9 Å². The molecule has 0 aromatic heterocycles. The van der Waals surface area contributed by atoms with E-state index in [0.717, 1.165) is 55.3 Å². The van der Waals surface area contributed by atoms with Crippen molar-refractivity contribution in [2.75, 3.05) is 4.90 Å². The minimum absolute atomic E-state index is 0.210. The van der Waals surface area contributed by atoms with Gasteiger partial charge in [0.05, 0.1) is 11.3 Å². The van der Waals surface area contributed by atoms with Gasteiger partial charge >= 0.3 is 0 Å². The smallest absolute Gasteiger partial charge is 0.197 e. The number of allylic oxidation sites excluding steroid dienone is 1. The van der Waals surface area contributed by atoms with E-state index >= 15 is 0 Å². The molecule has 0 bridgehead atoms. The average molecular weight is 1030 g/mol. The van der Waals surface area contributed by atoms with Gasteiger partial charge in [-0.3, -0.25) is 9.59 Å². The zero-order valence-corrected chi connectivity index (χ0v) is 44.4. The molecule has 14 aromatic carbocycles. The third-order valence-corrected chi connectivity index (χ3v) is 17.9. The van der Waals surface area contributed by atoms with Crippen LogP contribution in [0.5, 0.6) is 0 Å². The van der Waals surface area contributed by atoms with Crippen LogP contribution in [0.1, 0.15) is 37.4 Å². The summed E-state index contributed by atoms with van der Waals surface area (Å²) in [7, 11) is 0. The normalized spacial score (nSPS) is 12.8. The molecule has 0 saturated heterocycles. The Morgan fingerprint density at radius 2 is 0.679 bits per heavy atom. The predicted molar refractivity (Wildman–Crippen MR) is 338 cm³/mol. The Hall–Kier alpha value is -10.5. The summed E-state index contributed by atoms with van der Waals surface area (Å²) in [5.41, 5.74) is 22.3. The molecule has 81 heavy (non-hydrogen) atoms. The number of rotatable bonds is 6. The van der Waals surface area contributed by atoms with Crippen molar-refractivity contribution in [3.05, 3.63) is 276 Å². The van der Waals surface area contributed by atoms with Gasteiger partial charge in [-0.1, -0.05) is 164 Å². The van der Waals surface area contributed by atoms with E-state index in [1.54, 1.807) is 0 Å². The number of carbonyl (C=O) groups is 2. The lowest BCUT2D eigenvalue weighted by molar-refractivity contribution is 0.0990. The Morgan fingerprint density at radius 1 is 0.284 bits per heavy atom. The zero-order valence-electron chi connectivity index (χ0n) is 44.4. The first-order valence-corrected chi connectivity index (χ1v) is 27.9. The van der Waals surface area contributed by atoms with Crippen LogP contribution < -0.4 is 4.90 Å². The van der Waals surface area contributed by atoms with Gasteiger partial charge in [-0.05, 0) is 241 Å². The summed E-state index contributed by atoms with van der Waals surface area (Å²) < 4.78 is 0. The van der Waals surface area contributed by atoms with Gasteiger partial charge in [-0.15, -0.1) is 0 Å². The summed E-state index contributed by atoms with van der Waals surface area (Å²) in [6, 6.07) is 87.8. The van der Waals surface area contributed by atoms with Crippen molar-refractivity contribution >= 4 is 99.3 Å². The van der Waals surface area contributed by atoms with E-state index in [-0.39, 0.29) is 17.1 Å². The number of carbonyl (C=O) groups excluding carboxylic acids is 2. The lowest BCUT2D eigenvalue weighted by Crippen LogP contribution is -2.10. The molecule has 0 N–H and O–H groups in total. The lowest BCUT2D eigenvalue weighted by atomic mass is 9.83. The van der Waals surface area contributed by atoms with Gasteiger partial charge in [0.25, 0.3) is 0 Å². The van der Waals surface area contributed by atoms with Gasteiger partial charge in [-0.2, -0.15) is 0 Å². The molecule has 0 unspecified atom stereocenters. The first-order chi connectivity index (χ1) is 39.8. The van der Waals surface area contributed by atoms with Crippen molar-refractivity contribution in [1.82, 2.24) is 0 Å². The molecular weight excluding hydrogens is 983 g/mol. The molecular formula is C78H47NO2. The van der Waals surface area contributed by atoms with Gasteiger partial charge in [0.1, 0.15) is 0 Å². The Morgan fingerprint density at radius 3 is 1.20 bits per heavy atom. The van der Waals surface area contributed by atoms with Gasteiger partial charge in [0.2, 0.25) is 0 Å². The molecule has 376 valence electrons. The van der Waals surface area contributed by atoms with E-state index in [2.05, 4.69) is 225 Å².